The molecule has 1 unspecified atom stereocenters. The van der Waals surface area contributed by atoms with E-state index in [4.69, 9.17) is 0 Å². The minimum Gasteiger partial charge on any atom is -0.393 e. The second-order valence-electron chi connectivity index (χ2n) is 8.67. The zero-order chi connectivity index (χ0) is 20.2. The Morgan fingerprint density at radius 1 is 0.828 bits per heavy atom. The minimum absolute atomic E-state index is 0.00327. The molecule has 0 radical (unpaired) electrons. The normalized spacial score (nSPS) is 14.5. The van der Waals surface area contributed by atoms with Gasteiger partial charge in [0.25, 0.3) is 0 Å². The lowest BCUT2D eigenvalue weighted by Gasteiger charge is -2.08. The maximum atomic E-state index is 9.85. The Hall–Kier alpha value is -1.85. The summed E-state index contributed by atoms with van der Waals surface area (Å²) in [5.41, 5.74) is 1.90. The van der Waals surface area contributed by atoms with E-state index in [1.165, 1.54) is 82.4 Å². The maximum absolute atomic E-state index is 9.85. The van der Waals surface area contributed by atoms with Crippen LogP contribution in [-0.4, -0.2) is 16.2 Å². The monoisotopic (exact) mass is 391 g/mol. The van der Waals surface area contributed by atoms with Gasteiger partial charge in [0.2, 0.25) is 0 Å². The molecule has 0 amide bonds. The van der Waals surface area contributed by atoms with Crippen LogP contribution in [0.25, 0.3) is 10.9 Å². The van der Waals surface area contributed by atoms with Crippen LogP contribution in [0.4, 0.5) is 0 Å². The molecule has 1 aliphatic rings. The van der Waals surface area contributed by atoms with E-state index < -0.39 is 0 Å². The van der Waals surface area contributed by atoms with E-state index in [1.807, 2.05) is 24.3 Å². The van der Waals surface area contributed by atoms with Gasteiger partial charge in [0, 0.05) is 11.8 Å². The smallest absolute Gasteiger partial charge is 0.113 e. The molecular weight excluding hydrogens is 354 g/mol. The summed E-state index contributed by atoms with van der Waals surface area (Å²) in [4.78, 5) is 4.60. The lowest BCUT2D eigenvalue weighted by molar-refractivity contribution is 0.138. The van der Waals surface area contributed by atoms with Gasteiger partial charge < -0.3 is 5.11 Å². The number of aliphatic hydroxyl groups is 1. The lowest BCUT2D eigenvalue weighted by atomic mass is 10.0. The minimum atomic E-state index is 0.00327. The summed E-state index contributed by atoms with van der Waals surface area (Å²) >= 11 is 0. The highest BCUT2D eigenvalue weighted by molar-refractivity contribution is 5.78. The number of para-hydroxylation sites is 1. The Morgan fingerprint density at radius 3 is 2.21 bits per heavy atom. The van der Waals surface area contributed by atoms with Crippen LogP contribution >= 0.6 is 0 Å². The summed E-state index contributed by atoms with van der Waals surface area (Å²) in [6.07, 6.45) is 17.7. The molecule has 3 rings (SSSR count). The van der Waals surface area contributed by atoms with Crippen molar-refractivity contribution in [3.05, 3.63) is 42.1 Å². The Bertz CT molecular complexity index is 784. The fourth-order valence-electron chi connectivity index (χ4n) is 3.99. The number of nitrogens with zero attached hydrogens (tertiary/aromatic N) is 1. The van der Waals surface area contributed by atoms with Gasteiger partial charge in [-0.2, -0.15) is 0 Å². The van der Waals surface area contributed by atoms with Crippen LogP contribution < -0.4 is 0 Å². The molecule has 0 saturated heterocycles. The second-order valence-corrected chi connectivity index (χ2v) is 8.67. The molecule has 156 valence electrons. The molecule has 1 aromatic heterocycles. The van der Waals surface area contributed by atoms with Gasteiger partial charge in [-0.15, -0.1) is 0 Å². The van der Waals surface area contributed by atoms with Crippen molar-refractivity contribution in [1.82, 2.24) is 4.98 Å². The van der Waals surface area contributed by atoms with Crippen molar-refractivity contribution in [2.24, 2.45) is 5.92 Å². The van der Waals surface area contributed by atoms with Crippen molar-refractivity contribution in [3.63, 3.8) is 0 Å². The van der Waals surface area contributed by atoms with Gasteiger partial charge in [-0.3, -0.25) is 0 Å². The van der Waals surface area contributed by atoms with E-state index in [-0.39, 0.29) is 6.10 Å². The molecule has 2 heteroatoms. The molecule has 1 atom stereocenters. The molecule has 1 saturated carbocycles. The molecule has 0 aliphatic heterocycles. The van der Waals surface area contributed by atoms with Crippen molar-refractivity contribution in [3.8, 4) is 11.8 Å². The summed E-state index contributed by atoms with van der Waals surface area (Å²) in [6, 6.07) is 12.3. The first-order valence-electron chi connectivity index (χ1n) is 11.9. The molecule has 1 N–H and O–H groups in total. The summed E-state index contributed by atoms with van der Waals surface area (Å²) in [6.45, 7) is 0. The molecule has 1 aliphatic carbocycles. The average molecular weight is 392 g/mol. The largest absolute Gasteiger partial charge is 0.393 e. The van der Waals surface area contributed by atoms with Crippen LogP contribution in [0.3, 0.4) is 0 Å². The highest BCUT2D eigenvalue weighted by Crippen LogP contribution is 2.34. The molecule has 1 aromatic carbocycles. The number of hydrogen-bond donors (Lipinski definition) is 1. The maximum Gasteiger partial charge on any atom is 0.113 e. The van der Waals surface area contributed by atoms with Crippen LogP contribution in [0, 0.1) is 17.8 Å². The predicted molar refractivity (Wildman–Crippen MR) is 123 cm³/mol. The van der Waals surface area contributed by atoms with Gasteiger partial charge in [-0.05, 0) is 49.7 Å². The number of pyridine rings is 1. The fraction of sp³-hybridized carbons (Fsp3) is 0.593. The topological polar surface area (TPSA) is 33.1 Å². The Labute approximate surface area is 177 Å². The van der Waals surface area contributed by atoms with Crippen LogP contribution in [-0.2, 0) is 0 Å². The number of benzene rings is 1. The molecular formula is C27H37NO. The van der Waals surface area contributed by atoms with Gasteiger partial charge in [0.1, 0.15) is 5.69 Å². The summed E-state index contributed by atoms with van der Waals surface area (Å²) < 4.78 is 0. The molecule has 0 bridgehead atoms. The van der Waals surface area contributed by atoms with E-state index in [9.17, 15) is 5.11 Å². The quantitative estimate of drug-likeness (QED) is 0.293. The number of aliphatic hydroxyl groups excluding tert-OH is 1. The number of hydrogen-bond acceptors (Lipinski definition) is 2. The van der Waals surface area contributed by atoms with Gasteiger partial charge in [0.15, 0.2) is 0 Å². The number of unbranched alkanes of at least 4 members (excludes halogenated alkanes) is 10. The molecule has 1 fully saturated rings. The standard InChI is InChI=1S/C27H37NO/c29-27(24-19-20-24)18-12-10-8-6-4-2-1-3-5-7-9-11-16-25-22-21-23-15-13-14-17-26(23)28-25/h13-15,17,21-22,24,27,29H,1-10,12,18-20H2. The molecule has 0 spiro atoms. The molecule has 29 heavy (non-hydrogen) atoms. The number of aromatic nitrogens is 1. The first-order valence-corrected chi connectivity index (χ1v) is 11.9. The van der Waals surface area contributed by atoms with Crippen molar-refractivity contribution < 1.29 is 5.11 Å². The third-order valence-corrected chi connectivity index (χ3v) is 6.03. The second kappa shape index (κ2) is 12.7. The number of fused-ring (bicyclic) bond motifs is 1. The van der Waals surface area contributed by atoms with Gasteiger partial charge >= 0.3 is 0 Å². The zero-order valence-electron chi connectivity index (χ0n) is 17.9. The molecule has 2 nitrogen and oxygen atoms in total. The summed E-state index contributed by atoms with van der Waals surface area (Å²) in [5.74, 6) is 7.15. The predicted octanol–water partition coefficient (Wildman–Crippen LogP) is 7.04. The summed E-state index contributed by atoms with van der Waals surface area (Å²) in [5, 5.41) is 11.0. The Kier molecular flexibility index (Phi) is 9.54. The lowest BCUT2D eigenvalue weighted by Crippen LogP contribution is -2.08. The van der Waals surface area contributed by atoms with Crippen molar-refractivity contribution in [2.75, 3.05) is 0 Å². The van der Waals surface area contributed by atoms with Crippen LogP contribution in [0.5, 0.6) is 0 Å². The van der Waals surface area contributed by atoms with E-state index in [0.717, 1.165) is 24.1 Å². The van der Waals surface area contributed by atoms with Crippen molar-refractivity contribution >= 4 is 10.9 Å². The van der Waals surface area contributed by atoms with E-state index >= 15 is 0 Å². The summed E-state index contributed by atoms with van der Waals surface area (Å²) in [7, 11) is 0. The van der Waals surface area contributed by atoms with E-state index in [0.29, 0.717) is 5.92 Å². The Balaban J connectivity index is 1.13. The highest BCUT2D eigenvalue weighted by atomic mass is 16.3. The average Bonchev–Trinajstić information content (AvgIpc) is 3.59. The van der Waals surface area contributed by atoms with Crippen LogP contribution in [0.1, 0.15) is 95.6 Å². The zero-order valence-corrected chi connectivity index (χ0v) is 17.9. The highest BCUT2D eigenvalue weighted by Gasteiger charge is 2.28. The first-order chi connectivity index (χ1) is 14.3. The third-order valence-electron chi connectivity index (χ3n) is 6.03. The molecule has 2 aromatic rings. The molecule has 1 heterocycles. The van der Waals surface area contributed by atoms with Crippen LogP contribution in [0.15, 0.2) is 36.4 Å². The SMILES string of the molecule is OC(CCCCCCCCCCCCC#Cc1ccc2ccccc2n1)C1CC1. The van der Waals surface area contributed by atoms with Crippen molar-refractivity contribution in [1.29, 1.82) is 0 Å². The Morgan fingerprint density at radius 2 is 1.48 bits per heavy atom. The third kappa shape index (κ3) is 8.58. The van der Waals surface area contributed by atoms with Crippen molar-refractivity contribution in [2.45, 2.75) is 96.0 Å². The fourth-order valence-corrected chi connectivity index (χ4v) is 3.99. The van der Waals surface area contributed by atoms with E-state index in [2.05, 4.69) is 29.0 Å². The van der Waals surface area contributed by atoms with Gasteiger partial charge in [0.05, 0.1) is 11.6 Å². The van der Waals surface area contributed by atoms with Gasteiger partial charge in [-0.25, -0.2) is 4.98 Å². The first kappa shape index (κ1) is 21.8. The number of rotatable bonds is 13. The van der Waals surface area contributed by atoms with Crippen LogP contribution in [0.2, 0.25) is 0 Å². The van der Waals surface area contributed by atoms with E-state index in [1.54, 1.807) is 0 Å². The van der Waals surface area contributed by atoms with Gasteiger partial charge in [-0.1, -0.05) is 88.0 Å².